The van der Waals surface area contributed by atoms with E-state index < -0.39 is 34.2 Å². The molecule has 28 heavy (non-hydrogen) atoms. The summed E-state index contributed by atoms with van der Waals surface area (Å²) in [4.78, 5) is 12.1. The number of ether oxygens (including phenoxy) is 1. The van der Waals surface area contributed by atoms with E-state index in [0.717, 1.165) is 22.5 Å². The van der Waals surface area contributed by atoms with E-state index in [1.165, 1.54) is 38.4 Å². The zero-order valence-corrected chi connectivity index (χ0v) is 16.2. The van der Waals surface area contributed by atoms with Gasteiger partial charge in [0.2, 0.25) is 15.9 Å². The van der Waals surface area contributed by atoms with Crippen molar-refractivity contribution in [2.75, 3.05) is 26.0 Å². The highest BCUT2D eigenvalue weighted by atomic mass is 32.2. The largest absolute Gasteiger partial charge is 0.496 e. The molecular formula is C18H19F3N2O4S. The summed E-state index contributed by atoms with van der Waals surface area (Å²) in [6.45, 7) is 1.11. The number of aryl methyl sites for hydroxylation is 1. The van der Waals surface area contributed by atoms with Crippen LogP contribution in [0.2, 0.25) is 0 Å². The second-order valence-electron chi connectivity index (χ2n) is 6.02. The highest BCUT2D eigenvalue weighted by Gasteiger charge is 2.30. The molecule has 2 rings (SSSR count). The van der Waals surface area contributed by atoms with Crippen LogP contribution in [-0.2, 0) is 21.0 Å². The number of benzene rings is 2. The number of alkyl halides is 3. The minimum absolute atomic E-state index is 0.0276. The molecule has 0 unspecified atom stereocenters. The van der Waals surface area contributed by atoms with Gasteiger partial charge in [0.05, 0.1) is 24.1 Å². The molecule has 0 saturated carbocycles. The van der Waals surface area contributed by atoms with E-state index in [-0.39, 0.29) is 10.6 Å². The number of carbonyl (C=O) groups is 1. The number of rotatable bonds is 6. The van der Waals surface area contributed by atoms with Crippen LogP contribution in [0.1, 0.15) is 11.1 Å². The van der Waals surface area contributed by atoms with E-state index in [4.69, 9.17) is 4.74 Å². The quantitative estimate of drug-likeness (QED) is 0.784. The molecule has 1 amide bonds. The number of nitrogens with zero attached hydrogens (tertiary/aromatic N) is 1. The summed E-state index contributed by atoms with van der Waals surface area (Å²) in [6.07, 6.45) is -4.55. The zero-order chi connectivity index (χ0) is 21.1. The zero-order valence-electron chi connectivity index (χ0n) is 15.4. The van der Waals surface area contributed by atoms with Gasteiger partial charge in [-0.1, -0.05) is 6.07 Å². The van der Waals surface area contributed by atoms with E-state index in [0.29, 0.717) is 11.3 Å². The highest BCUT2D eigenvalue weighted by Crippen LogP contribution is 2.30. The summed E-state index contributed by atoms with van der Waals surface area (Å²) in [7, 11) is -1.30. The molecule has 1 N–H and O–H groups in total. The van der Waals surface area contributed by atoms with Crippen molar-refractivity contribution < 1.29 is 31.1 Å². The lowest BCUT2D eigenvalue weighted by Crippen LogP contribution is -2.35. The first-order valence-corrected chi connectivity index (χ1v) is 9.47. The molecule has 0 bridgehead atoms. The lowest BCUT2D eigenvalue weighted by Gasteiger charge is -2.18. The van der Waals surface area contributed by atoms with E-state index in [2.05, 4.69) is 5.32 Å². The molecule has 6 nitrogen and oxygen atoms in total. The van der Waals surface area contributed by atoms with Crippen molar-refractivity contribution in [2.45, 2.75) is 18.0 Å². The summed E-state index contributed by atoms with van der Waals surface area (Å²) in [5.41, 5.74) is -0.392. The second-order valence-corrected chi connectivity index (χ2v) is 8.06. The van der Waals surface area contributed by atoms with Crippen LogP contribution in [0.5, 0.6) is 5.75 Å². The van der Waals surface area contributed by atoms with Crippen LogP contribution in [0.4, 0.5) is 18.9 Å². The number of sulfonamides is 1. The number of hydrogen-bond donors (Lipinski definition) is 1. The average Bonchev–Trinajstić information content (AvgIpc) is 2.60. The SMILES string of the molecule is COc1ccc(S(=O)(=O)N(C)CC(=O)Nc2cccc(C(F)(F)F)c2)cc1C. The number of halogens is 3. The Morgan fingerprint density at radius 1 is 1.18 bits per heavy atom. The van der Waals surface area contributed by atoms with Gasteiger partial charge in [-0.25, -0.2) is 8.42 Å². The number of carbonyl (C=O) groups excluding carboxylic acids is 1. The minimum Gasteiger partial charge on any atom is -0.496 e. The summed E-state index contributed by atoms with van der Waals surface area (Å²) in [5.74, 6) is -0.250. The van der Waals surface area contributed by atoms with Crippen molar-refractivity contribution in [3.05, 3.63) is 53.6 Å². The van der Waals surface area contributed by atoms with Gasteiger partial charge >= 0.3 is 6.18 Å². The van der Waals surface area contributed by atoms with Crippen molar-refractivity contribution in [3.8, 4) is 5.75 Å². The molecule has 10 heteroatoms. The second kappa shape index (κ2) is 8.19. The topological polar surface area (TPSA) is 75.7 Å². The van der Waals surface area contributed by atoms with Gasteiger partial charge in [-0.2, -0.15) is 17.5 Å². The Bertz CT molecular complexity index is 975. The molecule has 2 aromatic carbocycles. The maximum Gasteiger partial charge on any atom is 0.416 e. The van der Waals surface area contributed by atoms with Gasteiger partial charge in [-0.15, -0.1) is 0 Å². The molecular weight excluding hydrogens is 397 g/mol. The van der Waals surface area contributed by atoms with Gasteiger partial charge in [0.15, 0.2) is 0 Å². The van der Waals surface area contributed by atoms with Crippen LogP contribution >= 0.6 is 0 Å². The third-order valence-electron chi connectivity index (χ3n) is 3.91. The van der Waals surface area contributed by atoms with Crippen LogP contribution in [0.25, 0.3) is 0 Å². The van der Waals surface area contributed by atoms with Crippen LogP contribution in [0, 0.1) is 6.92 Å². The number of anilines is 1. The summed E-state index contributed by atoms with van der Waals surface area (Å²) in [5, 5.41) is 2.27. The highest BCUT2D eigenvalue weighted by molar-refractivity contribution is 7.89. The fourth-order valence-electron chi connectivity index (χ4n) is 2.45. The Kier molecular flexibility index (Phi) is 6.35. The minimum atomic E-state index is -4.55. The van der Waals surface area contributed by atoms with Crippen molar-refractivity contribution in [1.82, 2.24) is 4.31 Å². The first-order valence-electron chi connectivity index (χ1n) is 8.03. The third-order valence-corrected chi connectivity index (χ3v) is 5.71. The van der Waals surface area contributed by atoms with E-state index in [1.807, 2.05) is 0 Å². The Hall–Kier alpha value is -2.59. The van der Waals surface area contributed by atoms with Crippen LogP contribution < -0.4 is 10.1 Å². The molecule has 0 aliphatic heterocycles. The standard InChI is InChI=1S/C18H19F3N2O4S/c1-12-9-15(7-8-16(12)27-3)28(25,26)23(2)11-17(24)22-14-6-4-5-13(10-14)18(19,20)21/h4-10H,11H2,1-3H3,(H,22,24). The molecule has 0 spiro atoms. The Morgan fingerprint density at radius 2 is 1.86 bits per heavy atom. The molecule has 0 aliphatic rings. The van der Waals surface area contributed by atoms with Gasteiger partial charge in [-0.05, 0) is 48.9 Å². The third kappa shape index (κ3) is 5.02. The van der Waals surface area contributed by atoms with Gasteiger partial charge in [0, 0.05) is 12.7 Å². The summed E-state index contributed by atoms with van der Waals surface area (Å²) < 4.78 is 69.3. The normalized spacial score (nSPS) is 12.1. The lowest BCUT2D eigenvalue weighted by atomic mass is 10.2. The molecule has 0 aromatic heterocycles. The van der Waals surface area contributed by atoms with E-state index in [1.54, 1.807) is 6.92 Å². The first-order chi connectivity index (χ1) is 12.9. The van der Waals surface area contributed by atoms with E-state index >= 15 is 0 Å². The van der Waals surface area contributed by atoms with Crippen molar-refractivity contribution in [1.29, 1.82) is 0 Å². The number of methoxy groups -OCH3 is 1. The first kappa shape index (κ1) is 21.7. The fourth-order valence-corrected chi connectivity index (χ4v) is 3.67. The van der Waals surface area contributed by atoms with Crippen LogP contribution in [0.15, 0.2) is 47.4 Å². The molecule has 0 aliphatic carbocycles. The van der Waals surface area contributed by atoms with E-state index in [9.17, 15) is 26.4 Å². The van der Waals surface area contributed by atoms with Crippen molar-refractivity contribution in [2.24, 2.45) is 0 Å². The molecule has 0 fully saturated rings. The molecule has 152 valence electrons. The smallest absolute Gasteiger partial charge is 0.416 e. The Balaban J connectivity index is 2.12. The maximum atomic E-state index is 12.7. The Morgan fingerprint density at radius 3 is 2.43 bits per heavy atom. The number of nitrogens with one attached hydrogen (secondary N) is 1. The van der Waals surface area contributed by atoms with Gasteiger partial charge in [-0.3, -0.25) is 4.79 Å². The summed E-state index contributed by atoms with van der Waals surface area (Å²) in [6, 6.07) is 8.35. The molecule has 0 heterocycles. The summed E-state index contributed by atoms with van der Waals surface area (Å²) >= 11 is 0. The van der Waals surface area contributed by atoms with Crippen molar-refractivity contribution in [3.63, 3.8) is 0 Å². The fraction of sp³-hybridized carbons (Fsp3) is 0.278. The Labute approximate surface area is 161 Å². The van der Waals surface area contributed by atoms with Crippen LogP contribution in [0.3, 0.4) is 0 Å². The lowest BCUT2D eigenvalue weighted by molar-refractivity contribution is -0.137. The molecule has 0 saturated heterocycles. The number of likely N-dealkylation sites (N-methyl/N-ethyl adjacent to an activating group) is 1. The van der Waals surface area contributed by atoms with Gasteiger partial charge < -0.3 is 10.1 Å². The molecule has 0 atom stereocenters. The van der Waals surface area contributed by atoms with Gasteiger partial charge in [0.1, 0.15) is 5.75 Å². The van der Waals surface area contributed by atoms with Crippen LogP contribution in [-0.4, -0.2) is 39.3 Å². The molecule has 0 radical (unpaired) electrons. The average molecular weight is 416 g/mol. The molecule has 2 aromatic rings. The predicted octanol–water partition coefficient (Wildman–Crippen LogP) is 3.28. The van der Waals surface area contributed by atoms with Gasteiger partial charge in [0.25, 0.3) is 0 Å². The number of hydrogen-bond acceptors (Lipinski definition) is 4. The number of amides is 1. The monoisotopic (exact) mass is 416 g/mol. The van der Waals surface area contributed by atoms with Crippen molar-refractivity contribution >= 4 is 21.6 Å². The predicted molar refractivity (Wildman–Crippen MR) is 97.6 cm³/mol. The maximum absolute atomic E-state index is 12.7.